The van der Waals surface area contributed by atoms with Gasteiger partial charge in [0.1, 0.15) is 4.60 Å². The molecule has 1 aliphatic carbocycles. The number of rotatable bonds is 6. The van der Waals surface area contributed by atoms with Crippen molar-refractivity contribution in [1.29, 1.82) is 0 Å². The Bertz CT molecular complexity index is 902. The number of nitrogens with two attached hydrogens (primary N) is 2. The molecule has 0 spiro atoms. The van der Waals surface area contributed by atoms with Crippen LogP contribution in [-0.2, 0) is 4.79 Å². The lowest BCUT2D eigenvalue weighted by Crippen LogP contribution is -2.28. The number of nitrogens with zero attached hydrogens (tertiary/aromatic N) is 3. The molecule has 2 unspecified atom stereocenters. The van der Waals surface area contributed by atoms with Gasteiger partial charge in [-0.05, 0) is 33.8 Å². The van der Waals surface area contributed by atoms with Gasteiger partial charge in [0.05, 0.1) is 5.92 Å². The van der Waals surface area contributed by atoms with Gasteiger partial charge in [-0.15, -0.1) is 16.4 Å². The Morgan fingerprint density at radius 3 is 2.66 bits per heavy atom. The molecule has 11 heteroatoms. The van der Waals surface area contributed by atoms with Crippen LogP contribution in [0.4, 0.5) is 13.9 Å². The second kappa shape index (κ2) is 8.72. The molecule has 2 atom stereocenters. The lowest BCUT2D eigenvalue weighted by molar-refractivity contribution is -0.118. The van der Waals surface area contributed by atoms with Crippen molar-refractivity contribution in [2.24, 2.45) is 22.6 Å². The zero-order valence-electron chi connectivity index (χ0n) is 15.6. The lowest BCUT2D eigenvalue weighted by Gasteiger charge is -2.23. The monoisotopic (exact) mass is 486 g/mol. The van der Waals surface area contributed by atoms with Crippen LogP contribution in [0.1, 0.15) is 36.3 Å². The molecule has 0 saturated heterocycles. The first kappa shape index (κ1) is 21.6. The van der Waals surface area contributed by atoms with Gasteiger partial charge in [-0.3, -0.25) is 4.79 Å². The molecule has 1 aromatic carbocycles. The molecule has 5 N–H and O–H groups in total. The number of alkyl halides is 2. The van der Waals surface area contributed by atoms with E-state index < -0.39 is 17.8 Å². The number of halogens is 3. The Balaban J connectivity index is 1.87. The summed E-state index contributed by atoms with van der Waals surface area (Å²) in [5.41, 5.74) is 7.14. The van der Waals surface area contributed by atoms with Gasteiger partial charge in [-0.1, -0.05) is 24.3 Å². The molecule has 2 aromatic rings. The molecule has 3 rings (SSSR count). The molecule has 0 radical (unpaired) electrons. The average Bonchev–Trinajstić information content (AvgIpc) is 3.20. The summed E-state index contributed by atoms with van der Waals surface area (Å²) in [6, 6.07) is 6.83. The molecule has 0 aliphatic heterocycles. The van der Waals surface area contributed by atoms with Gasteiger partial charge in [0.25, 0.3) is 0 Å². The predicted octanol–water partition coefficient (Wildman–Crippen LogP) is 3.49. The fourth-order valence-electron chi connectivity index (χ4n) is 3.49. The van der Waals surface area contributed by atoms with Crippen LogP contribution in [0.15, 0.2) is 39.4 Å². The zero-order chi connectivity index (χ0) is 21.2. The van der Waals surface area contributed by atoms with Crippen LogP contribution in [0, 0.1) is 5.92 Å². The third-order valence-electron chi connectivity index (χ3n) is 4.73. The van der Waals surface area contributed by atoms with Gasteiger partial charge < -0.3 is 11.1 Å². The number of nitrogens with one attached hydrogen (secondary N) is 1. The Morgan fingerprint density at radius 2 is 2.14 bits per heavy atom. The van der Waals surface area contributed by atoms with E-state index in [4.69, 9.17) is 11.6 Å². The fourth-order valence-corrected chi connectivity index (χ4v) is 4.64. The smallest absolute Gasteiger partial charge is 0.248 e. The third kappa shape index (κ3) is 5.49. The Kier molecular flexibility index (Phi) is 6.49. The second-order valence-electron chi connectivity index (χ2n) is 6.98. The molecule has 1 saturated carbocycles. The first-order valence-electron chi connectivity index (χ1n) is 8.87. The largest absolute Gasteiger partial charge is 0.382 e. The van der Waals surface area contributed by atoms with Crippen molar-refractivity contribution >= 4 is 44.1 Å². The number of benzene rings is 1. The van der Waals surface area contributed by atoms with Gasteiger partial charge in [0.2, 0.25) is 11.8 Å². The number of hydrogen-bond acceptors (Lipinski definition) is 6. The summed E-state index contributed by atoms with van der Waals surface area (Å²) in [6.45, 7) is 0. The highest BCUT2D eigenvalue weighted by atomic mass is 79.9. The maximum Gasteiger partial charge on any atom is 0.248 e. The molecule has 0 bridgehead atoms. The molecule has 156 valence electrons. The summed E-state index contributed by atoms with van der Waals surface area (Å²) in [6.07, 6.45) is -0.267. The van der Waals surface area contributed by atoms with E-state index in [1.165, 1.54) is 11.3 Å². The van der Waals surface area contributed by atoms with Crippen LogP contribution >= 0.6 is 27.3 Å². The van der Waals surface area contributed by atoms with E-state index >= 15 is 0 Å². The molecule has 7 nitrogen and oxygen atoms in total. The lowest BCUT2D eigenvalue weighted by atomic mass is 9.83. The minimum atomic E-state index is -2.75. The first-order chi connectivity index (χ1) is 13.6. The van der Waals surface area contributed by atoms with Crippen molar-refractivity contribution in [2.45, 2.75) is 31.1 Å². The summed E-state index contributed by atoms with van der Waals surface area (Å²) >= 11 is 4.50. The summed E-state index contributed by atoms with van der Waals surface area (Å²) < 4.78 is 28.3. The maximum absolute atomic E-state index is 13.9. The summed E-state index contributed by atoms with van der Waals surface area (Å²) in [4.78, 5) is 17.2. The molecule has 1 fully saturated rings. The standard InChI is InChI=1S/C18H21BrF2N6OS/c1-27(23)26-15(22)11-4-2-10(3-5-11)14(12-6-7-18(20,21)8-12)16(28)25-17-24-13(19)9-29-17/h2-5,9,12,14H,6-8,23H2,1H3,(H2,22,26)(H,24,25,28). The average molecular weight is 487 g/mol. The van der Waals surface area contributed by atoms with Crippen LogP contribution in [0.2, 0.25) is 0 Å². The van der Waals surface area contributed by atoms with E-state index in [0.717, 1.165) is 5.12 Å². The van der Waals surface area contributed by atoms with Gasteiger partial charge in [-0.2, -0.15) is 0 Å². The molecule has 1 amide bonds. The zero-order valence-corrected chi connectivity index (χ0v) is 18.0. The second-order valence-corrected chi connectivity index (χ2v) is 8.65. The fraction of sp³-hybridized carbons (Fsp3) is 0.389. The van der Waals surface area contributed by atoms with Crippen LogP contribution in [0.25, 0.3) is 0 Å². The van der Waals surface area contributed by atoms with Crippen molar-refractivity contribution in [3.63, 3.8) is 0 Å². The van der Waals surface area contributed by atoms with Crippen molar-refractivity contribution < 1.29 is 13.6 Å². The number of amides is 1. The van der Waals surface area contributed by atoms with Crippen LogP contribution < -0.4 is 16.9 Å². The quantitative estimate of drug-likeness (QED) is 0.250. The number of carbonyl (C=O) groups is 1. The van der Waals surface area contributed by atoms with Gasteiger partial charge in [0, 0.05) is 30.8 Å². The Labute approximate surface area is 179 Å². The molecule has 1 aromatic heterocycles. The molecular formula is C18H21BrF2N6OS. The molecule has 1 aliphatic rings. The van der Waals surface area contributed by atoms with Gasteiger partial charge in [0.15, 0.2) is 11.0 Å². The van der Waals surface area contributed by atoms with E-state index in [-0.39, 0.29) is 31.0 Å². The van der Waals surface area contributed by atoms with Crippen molar-refractivity contribution in [3.05, 3.63) is 45.4 Å². The van der Waals surface area contributed by atoms with Crippen molar-refractivity contribution in [2.75, 3.05) is 12.4 Å². The van der Waals surface area contributed by atoms with Crippen molar-refractivity contribution in [1.82, 2.24) is 10.1 Å². The maximum atomic E-state index is 13.9. The van der Waals surface area contributed by atoms with E-state index in [0.29, 0.717) is 20.9 Å². The number of aromatic nitrogens is 1. The first-order valence-corrected chi connectivity index (χ1v) is 10.5. The number of anilines is 1. The molecule has 1 heterocycles. The van der Waals surface area contributed by atoms with Crippen LogP contribution in [0.5, 0.6) is 0 Å². The number of thiazole rings is 1. The predicted molar refractivity (Wildman–Crippen MR) is 113 cm³/mol. The highest BCUT2D eigenvalue weighted by Gasteiger charge is 2.45. The highest BCUT2D eigenvalue weighted by Crippen LogP contribution is 2.45. The molecular weight excluding hydrogens is 466 g/mol. The number of hydrazone groups is 1. The van der Waals surface area contributed by atoms with Crippen LogP contribution in [0.3, 0.4) is 0 Å². The van der Waals surface area contributed by atoms with E-state index in [1.54, 1.807) is 36.7 Å². The molecule has 29 heavy (non-hydrogen) atoms. The normalized spacial score (nSPS) is 19.8. The number of hydrogen-bond donors (Lipinski definition) is 3. The van der Waals surface area contributed by atoms with E-state index in [1.807, 2.05) is 0 Å². The number of carbonyl (C=O) groups excluding carboxylic acids is 1. The van der Waals surface area contributed by atoms with Gasteiger partial charge in [-0.25, -0.2) is 24.7 Å². The van der Waals surface area contributed by atoms with E-state index in [9.17, 15) is 13.6 Å². The topological polar surface area (TPSA) is 110 Å². The highest BCUT2D eigenvalue weighted by molar-refractivity contribution is 9.10. The van der Waals surface area contributed by atoms with E-state index in [2.05, 4.69) is 31.3 Å². The minimum absolute atomic E-state index is 0.211. The summed E-state index contributed by atoms with van der Waals surface area (Å²) in [5.74, 6) is 1.37. The minimum Gasteiger partial charge on any atom is -0.382 e. The summed E-state index contributed by atoms with van der Waals surface area (Å²) in [7, 11) is 1.54. The van der Waals surface area contributed by atoms with Gasteiger partial charge >= 0.3 is 0 Å². The Hall–Kier alpha value is -2.11. The summed E-state index contributed by atoms with van der Waals surface area (Å²) in [5, 5.41) is 9.92. The van der Waals surface area contributed by atoms with Crippen LogP contribution in [-0.4, -0.2) is 34.8 Å². The third-order valence-corrected chi connectivity index (χ3v) is 6.20. The SMILES string of the molecule is CN(N)/N=C(\N)c1ccc(C(C(=O)Nc2nc(Br)cs2)C2CCC(F)(F)C2)cc1. The number of hydrazine groups is 1. The Morgan fingerprint density at radius 1 is 1.45 bits per heavy atom. The number of amidine groups is 1. The van der Waals surface area contributed by atoms with Crippen molar-refractivity contribution in [3.8, 4) is 0 Å².